The van der Waals surface area contributed by atoms with Crippen molar-refractivity contribution in [3.63, 3.8) is 0 Å². The van der Waals surface area contributed by atoms with Crippen LogP contribution in [0.15, 0.2) is 36.5 Å². The summed E-state index contributed by atoms with van der Waals surface area (Å²) in [6.45, 7) is 4.95. The Bertz CT molecular complexity index is 1430. The van der Waals surface area contributed by atoms with E-state index in [0.717, 1.165) is 44.9 Å². The Morgan fingerprint density at radius 1 is 0.318 bits per heavy atom. The molecule has 1 amide bonds. The number of carbonyl (C=O) groups excluding carboxylic acids is 2. The van der Waals surface area contributed by atoms with Gasteiger partial charge >= 0.3 is 5.97 Å². The molecule has 0 bridgehead atoms. The molecular weight excluding hydrogens is 1080 g/mol. The van der Waals surface area contributed by atoms with Crippen LogP contribution in [0.25, 0.3) is 0 Å². The number of rotatable bonds is 76. The summed E-state index contributed by atoms with van der Waals surface area (Å²) in [5.74, 6) is -0.0385. The second kappa shape index (κ2) is 77.5. The van der Waals surface area contributed by atoms with E-state index in [-0.39, 0.29) is 18.5 Å². The first-order chi connectivity index (χ1) is 43.5. The van der Waals surface area contributed by atoms with E-state index in [1.807, 2.05) is 6.08 Å². The lowest BCUT2D eigenvalue weighted by Crippen LogP contribution is -2.45. The van der Waals surface area contributed by atoms with E-state index in [1.54, 1.807) is 6.08 Å². The van der Waals surface area contributed by atoms with Crippen LogP contribution in [0.3, 0.4) is 0 Å². The fraction of sp³-hybridized carbons (Fsp3) is 0.902. The molecule has 0 radical (unpaired) electrons. The quantitative estimate of drug-likeness (QED) is 0.0320. The van der Waals surface area contributed by atoms with Crippen molar-refractivity contribution in [2.45, 2.75) is 463 Å². The number of aliphatic hydroxyl groups excluding tert-OH is 2. The van der Waals surface area contributed by atoms with Gasteiger partial charge in [-0.15, -0.1) is 0 Å². The minimum Gasteiger partial charge on any atom is -0.466 e. The fourth-order valence-electron chi connectivity index (χ4n) is 12.8. The maximum atomic E-state index is 12.5. The number of carbonyl (C=O) groups is 2. The van der Waals surface area contributed by atoms with E-state index in [0.29, 0.717) is 19.4 Å². The van der Waals surface area contributed by atoms with Crippen molar-refractivity contribution < 1.29 is 24.5 Å². The molecule has 2 unspecified atom stereocenters. The largest absolute Gasteiger partial charge is 0.466 e. The maximum absolute atomic E-state index is 12.5. The molecule has 0 saturated heterocycles. The Balaban J connectivity index is 3.37. The molecule has 2 atom stereocenters. The molecule has 0 aliphatic rings. The summed E-state index contributed by atoms with van der Waals surface area (Å²) in [5.41, 5.74) is 0. The fourth-order valence-corrected chi connectivity index (χ4v) is 12.8. The normalized spacial score (nSPS) is 12.6. The van der Waals surface area contributed by atoms with Crippen molar-refractivity contribution in [2.75, 3.05) is 13.2 Å². The molecule has 0 rings (SSSR count). The highest BCUT2D eigenvalue weighted by atomic mass is 16.5. The number of hydrogen-bond acceptors (Lipinski definition) is 5. The third kappa shape index (κ3) is 73.1. The molecule has 0 spiro atoms. The average Bonchev–Trinajstić information content (AvgIpc) is 3.53. The van der Waals surface area contributed by atoms with Crippen LogP contribution in [0.4, 0.5) is 0 Å². The summed E-state index contributed by atoms with van der Waals surface area (Å²) in [6.07, 6.45) is 101. The van der Waals surface area contributed by atoms with Gasteiger partial charge in [0.15, 0.2) is 0 Å². The van der Waals surface area contributed by atoms with E-state index in [9.17, 15) is 19.8 Å². The molecular formula is C82H157NO5. The van der Waals surface area contributed by atoms with Crippen molar-refractivity contribution in [1.82, 2.24) is 5.32 Å². The number of aliphatic hydroxyl groups is 2. The van der Waals surface area contributed by atoms with Gasteiger partial charge in [-0.05, 0) is 64.2 Å². The number of ether oxygens (including phenoxy) is 1. The SMILES string of the molecule is CCCCCCCCCCCCCCCCCCC/C=C/C(O)C(CO)NC(=O)CCCCCCCCCCCCCCCCCCC/C=C\C/C=C\CCCCCCCCCCCCCCCCCOC(=O)CCCCCCCCCCCCCCC. The van der Waals surface area contributed by atoms with E-state index in [2.05, 4.69) is 43.5 Å². The lowest BCUT2D eigenvalue weighted by molar-refractivity contribution is -0.143. The summed E-state index contributed by atoms with van der Waals surface area (Å²) < 4.78 is 5.49. The van der Waals surface area contributed by atoms with Crippen LogP contribution in [0, 0.1) is 0 Å². The molecule has 6 nitrogen and oxygen atoms in total. The third-order valence-electron chi connectivity index (χ3n) is 18.9. The molecule has 0 aromatic heterocycles. The van der Waals surface area contributed by atoms with Crippen LogP contribution < -0.4 is 5.32 Å². The van der Waals surface area contributed by atoms with Gasteiger partial charge in [-0.3, -0.25) is 9.59 Å². The first-order valence-electron chi connectivity index (χ1n) is 40.3. The van der Waals surface area contributed by atoms with E-state index < -0.39 is 12.1 Å². The molecule has 0 aliphatic heterocycles. The Morgan fingerprint density at radius 3 is 0.864 bits per heavy atom. The van der Waals surface area contributed by atoms with Crippen molar-refractivity contribution in [2.24, 2.45) is 0 Å². The Labute approximate surface area is 551 Å². The second-order valence-corrected chi connectivity index (χ2v) is 27.8. The third-order valence-corrected chi connectivity index (χ3v) is 18.9. The number of allylic oxidation sites excluding steroid dienone is 5. The monoisotopic (exact) mass is 1240 g/mol. The van der Waals surface area contributed by atoms with Gasteiger partial charge in [-0.1, -0.05) is 410 Å². The molecule has 0 fully saturated rings. The molecule has 6 heteroatoms. The molecule has 88 heavy (non-hydrogen) atoms. The van der Waals surface area contributed by atoms with Crippen LogP contribution in [0.1, 0.15) is 450 Å². The minimum absolute atomic E-state index is 0.0224. The van der Waals surface area contributed by atoms with Crippen LogP contribution in [0.5, 0.6) is 0 Å². The number of unbranched alkanes of at least 4 members (excludes halogenated alkanes) is 61. The zero-order valence-corrected chi connectivity index (χ0v) is 59.7. The average molecular weight is 1240 g/mol. The molecule has 520 valence electrons. The van der Waals surface area contributed by atoms with Gasteiger partial charge in [0.2, 0.25) is 5.91 Å². The first kappa shape index (κ1) is 86.1. The predicted octanol–water partition coefficient (Wildman–Crippen LogP) is 26.6. The lowest BCUT2D eigenvalue weighted by atomic mass is 10.0. The number of hydrogen-bond donors (Lipinski definition) is 3. The molecule has 0 saturated carbocycles. The summed E-state index contributed by atoms with van der Waals surface area (Å²) in [5, 5.41) is 23.3. The summed E-state index contributed by atoms with van der Waals surface area (Å²) in [4.78, 5) is 24.6. The predicted molar refractivity (Wildman–Crippen MR) is 389 cm³/mol. The zero-order valence-electron chi connectivity index (χ0n) is 59.7. The van der Waals surface area contributed by atoms with E-state index >= 15 is 0 Å². The van der Waals surface area contributed by atoms with Crippen molar-refractivity contribution in [3.8, 4) is 0 Å². The van der Waals surface area contributed by atoms with Crippen LogP contribution in [-0.2, 0) is 14.3 Å². The Morgan fingerprint density at radius 2 is 0.568 bits per heavy atom. The standard InChI is InChI=1S/C82H157NO5/c1-3-5-7-9-11-13-15-17-18-19-41-44-47-51-54-58-62-66-70-74-80(85)79(78-84)83-81(86)75-71-67-63-59-55-52-48-45-42-39-37-35-33-31-29-27-25-23-21-20-22-24-26-28-30-32-34-36-38-40-43-46-49-53-57-61-65-69-73-77-88-82(87)76-72-68-64-60-56-50-16-14-12-10-8-6-4-2/h20-21,24,26,70,74,79-80,84-85H,3-19,22-23,25,27-69,71-73,75-78H2,1-2H3,(H,83,86)/b21-20-,26-24-,74-70+. The van der Waals surface area contributed by atoms with Crippen molar-refractivity contribution in [1.29, 1.82) is 0 Å². The summed E-state index contributed by atoms with van der Waals surface area (Å²) >= 11 is 0. The number of amides is 1. The zero-order chi connectivity index (χ0) is 63.5. The van der Waals surface area contributed by atoms with Gasteiger partial charge in [-0.2, -0.15) is 0 Å². The highest BCUT2D eigenvalue weighted by Crippen LogP contribution is 2.20. The van der Waals surface area contributed by atoms with E-state index in [4.69, 9.17) is 4.74 Å². The molecule has 0 heterocycles. The van der Waals surface area contributed by atoms with Crippen LogP contribution in [0.2, 0.25) is 0 Å². The van der Waals surface area contributed by atoms with Gasteiger partial charge in [0.25, 0.3) is 0 Å². The molecule has 0 aromatic carbocycles. The van der Waals surface area contributed by atoms with E-state index in [1.165, 1.54) is 379 Å². The number of nitrogens with one attached hydrogen (secondary N) is 1. The first-order valence-corrected chi connectivity index (χ1v) is 40.3. The van der Waals surface area contributed by atoms with Gasteiger partial charge < -0.3 is 20.3 Å². The highest BCUT2D eigenvalue weighted by molar-refractivity contribution is 5.76. The van der Waals surface area contributed by atoms with Crippen molar-refractivity contribution in [3.05, 3.63) is 36.5 Å². The highest BCUT2D eigenvalue weighted by Gasteiger charge is 2.18. The van der Waals surface area contributed by atoms with Crippen molar-refractivity contribution >= 4 is 11.9 Å². The lowest BCUT2D eigenvalue weighted by Gasteiger charge is -2.20. The Kier molecular flexibility index (Phi) is 75.8. The van der Waals surface area contributed by atoms with Gasteiger partial charge in [0.1, 0.15) is 0 Å². The topological polar surface area (TPSA) is 95.9 Å². The Hall–Kier alpha value is -1.92. The van der Waals surface area contributed by atoms with Crippen LogP contribution >= 0.6 is 0 Å². The molecule has 0 aromatic rings. The smallest absolute Gasteiger partial charge is 0.305 e. The second-order valence-electron chi connectivity index (χ2n) is 27.8. The number of esters is 1. The van der Waals surface area contributed by atoms with Gasteiger partial charge in [-0.25, -0.2) is 0 Å². The van der Waals surface area contributed by atoms with Gasteiger partial charge in [0.05, 0.1) is 25.4 Å². The van der Waals surface area contributed by atoms with Crippen LogP contribution in [-0.4, -0.2) is 47.4 Å². The minimum atomic E-state index is -0.843. The summed E-state index contributed by atoms with van der Waals surface area (Å²) in [7, 11) is 0. The maximum Gasteiger partial charge on any atom is 0.305 e. The molecule has 3 N–H and O–H groups in total. The molecule has 0 aliphatic carbocycles. The summed E-state index contributed by atoms with van der Waals surface area (Å²) in [6, 6.07) is -0.626. The van der Waals surface area contributed by atoms with Gasteiger partial charge in [0, 0.05) is 12.8 Å².